The molecular weight excluding hydrogens is 392 g/mol. The third kappa shape index (κ3) is 4.48. The van der Waals surface area contributed by atoms with Crippen LogP contribution in [0.15, 0.2) is 48.5 Å². The van der Waals surface area contributed by atoms with Crippen LogP contribution in [0.5, 0.6) is 11.5 Å². The number of rotatable bonds is 4. The predicted molar refractivity (Wildman–Crippen MR) is 111 cm³/mol. The van der Waals surface area contributed by atoms with Crippen molar-refractivity contribution in [1.82, 2.24) is 4.90 Å². The first-order chi connectivity index (χ1) is 14.1. The van der Waals surface area contributed by atoms with E-state index in [9.17, 15) is 9.59 Å². The van der Waals surface area contributed by atoms with Gasteiger partial charge < -0.3 is 19.3 Å². The second-order valence-corrected chi connectivity index (χ2v) is 7.65. The fraction of sp³-hybridized carbons (Fsp3) is 0.364. The number of likely N-dealkylation sites (tertiary alicyclic amines) is 1. The third-order valence-corrected chi connectivity index (χ3v) is 5.41. The summed E-state index contributed by atoms with van der Waals surface area (Å²) in [5, 5.41) is 0.541. The lowest BCUT2D eigenvalue weighted by Crippen LogP contribution is -2.53. The molecule has 7 heteroatoms. The maximum Gasteiger partial charge on any atom is 0.265 e. The number of para-hydroxylation sites is 2. The van der Waals surface area contributed by atoms with E-state index in [1.807, 2.05) is 23.1 Å². The molecule has 2 aromatic carbocycles. The van der Waals surface area contributed by atoms with Crippen molar-refractivity contribution in [3.63, 3.8) is 0 Å². The summed E-state index contributed by atoms with van der Waals surface area (Å²) in [6.45, 7) is 1.50. The topological polar surface area (TPSA) is 59.1 Å². The first kappa shape index (κ1) is 19.6. The van der Waals surface area contributed by atoms with Crippen molar-refractivity contribution in [1.29, 1.82) is 0 Å². The molecule has 152 valence electrons. The summed E-state index contributed by atoms with van der Waals surface area (Å²) in [6.07, 6.45) is 2.44. The highest BCUT2D eigenvalue weighted by Gasteiger charge is 2.36. The van der Waals surface area contributed by atoms with Gasteiger partial charge in [-0.05, 0) is 49.6 Å². The summed E-state index contributed by atoms with van der Waals surface area (Å²) in [7, 11) is 0. The number of halogens is 1. The molecule has 0 radical (unpaired) electrons. The molecule has 0 N–H and O–H groups in total. The lowest BCUT2D eigenvalue weighted by molar-refractivity contribution is -0.139. The van der Waals surface area contributed by atoms with E-state index in [-0.39, 0.29) is 25.0 Å². The van der Waals surface area contributed by atoms with Gasteiger partial charge in [-0.3, -0.25) is 9.59 Å². The SMILES string of the molecule is O=C([C@H]1CN(C(=O)COc2cccc(Cl)c2)c2ccccc2O1)N1CCCCC1. The number of carbonyl (C=O) groups excluding carboxylic acids is 2. The summed E-state index contributed by atoms with van der Waals surface area (Å²) >= 11 is 5.97. The van der Waals surface area contributed by atoms with Crippen LogP contribution in [0.4, 0.5) is 5.69 Å². The lowest BCUT2D eigenvalue weighted by Gasteiger charge is -2.37. The molecule has 2 amide bonds. The van der Waals surface area contributed by atoms with E-state index in [1.54, 1.807) is 35.2 Å². The van der Waals surface area contributed by atoms with Crippen molar-refractivity contribution in [3.05, 3.63) is 53.6 Å². The fourth-order valence-corrected chi connectivity index (χ4v) is 3.88. The molecule has 0 unspecified atom stereocenters. The maximum atomic E-state index is 13.0. The van der Waals surface area contributed by atoms with Crippen LogP contribution >= 0.6 is 11.6 Å². The van der Waals surface area contributed by atoms with E-state index in [0.29, 0.717) is 22.2 Å². The molecule has 1 saturated heterocycles. The highest BCUT2D eigenvalue weighted by molar-refractivity contribution is 6.30. The van der Waals surface area contributed by atoms with Crippen LogP contribution in [-0.4, -0.2) is 49.1 Å². The zero-order valence-corrected chi connectivity index (χ0v) is 16.8. The Morgan fingerprint density at radius 2 is 1.86 bits per heavy atom. The molecule has 29 heavy (non-hydrogen) atoms. The van der Waals surface area contributed by atoms with Gasteiger partial charge >= 0.3 is 0 Å². The molecule has 0 aliphatic carbocycles. The van der Waals surface area contributed by atoms with Gasteiger partial charge in [-0.2, -0.15) is 0 Å². The van der Waals surface area contributed by atoms with Crippen LogP contribution in [0, 0.1) is 0 Å². The van der Waals surface area contributed by atoms with E-state index >= 15 is 0 Å². The van der Waals surface area contributed by atoms with Crippen LogP contribution in [0.2, 0.25) is 5.02 Å². The standard InChI is InChI=1S/C22H23ClN2O4/c23-16-7-6-8-17(13-16)28-15-21(26)25-14-20(22(27)24-11-4-1-5-12-24)29-19-10-3-2-9-18(19)25/h2-3,6-10,13,20H,1,4-5,11-12,14-15H2/t20-/m1/s1. The number of amides is 2. The molecule has 2 aliphatic heterocycles. The monoisotopic (exact) mass is 414 g/mol. The Hall–Kier alpha value is -2.73. The van der Waals surface area contributed by atoms with Gasteiger partial charge in [0.2, 0.25) is 0 Å². The number of piperidine rings is 1. The molecule has 1 fully saturated rings. The molecule has 2 aliphatic rings. The Morgan fingerprint density at radius 1 is 1.07 bits per heavy atom. The van der Waals surface area contributed by atoms with Gasteiger partial charge in [0.15, 0.2) is 12.7 Å². The highest BCUT2D eigenvalue weighted by Crippen LogP contribution is 2.34. The number of ether oxygens (including phenoxy) is 2. The minimum absolute atomic E-state index is 0.0623. The number of nitrogens with zero attached hydrogens (tertiary/aromatic N) is 2. The van der Waals surface area contributed by atoms with Gasteiger partial charge in [0.25, 0.3) is 11.8 Å². The normalized spacial score (nSPS) is 18.6. The first-order valence-electron chi connectivity index (χ1n) is 9.85. The Labute approximate surface area is 174 Å². The van der Waals surface area contributed by atoms with Crippen LogP contribution < -0.4 is 14.4 Å². The average Bonchev–Trinajstić information content (AvgIpc) is 2.77. The van der Waals surface area contributed by atoms with Crippen LogP contribution in [0.3, 0.4) is 0 Å². The molecule has 0 bridgehead atoms. The van der Waals surface area contributed by atoms with Crippen molar-refractivity contribution < 1.29 is 19.1 Å². The molecule has 4 rings (SSSR count). The van der Waals surface area contributed by atoms with E-state index in [0.717, 1.165) is 32.4 Å². The number of anilines is 1. The number of carbonyl (C=O) groups is 2. The van der Waals surface area contributed by atoms with Crippen molar-refractivity contribution in [3.8, 4) is 11.5 Å². The summed E-state index contributed by atoms with van der Waals surface area (Å²) < 4.78 is 11.6. The molecule has 2 heterocycles. The van der Waals surface area contributed by atoms with Gasteiger partial charge in [-0.1, -0.05) is 29.8 Å². The van der Waals surface area contributed by atoms with Gasteiger partial charge in [0.05, 0.1) is 12.2 Å². The van der Waals surface area contributed by atoms with E-state index in [4.69, 9.17) is 21.1 Å². The highest BCUT2D eigenvalue weighted by atomic mass is 35.5. The first-order valence-corrected chi connectivity index (χ1v) is 10.2. The van der Waals surface area contributed by atoms with E-state index in [1.165, 1.54) is 0 Å². The van der Waals surface area contributed by atoms with Crippen molar-refractivity contribution >= 4 is 29.1 Å². The van der Waals surface area contributed by atoms with Crippen molar-refractivity contribution in [2.75, 3.05) is 31.1 Å². The number of benzene rings is 2. The lowest BCUT2D eigenvalue weighted by atomic mass is 10.1. The summed E-state index contributed by atoms with van der Waals surface area (Å²) in [5.74, 6) is 0.753. The smallest absolute Gasteiger partial charge is 0.265 e. The molecule has 2 aromatic rings. The average molecular weight is 415 g/mol. The molecular formula is C22H23ClN2O4. The molecule has 0 spiro atoms. The minimum Gasteiger partial charge on any atom is -0.484 e. The zero-order valence-electron chi connectivity index (χ0n) is 16.1. The Balaban J connectivity index is 1.49. The van der Waals surface area contributed by atoms with Gasteiger partial charge in [0.1, 0.15) is 11.5 Å². The van der Waals surface area contributed by atoms with E-state index < -0.39 is 6.10 Å². The molecule has 0 aromatic heterocycles. The van der Waals surface area contributed by atoms with Crippen molar-refractivity contribution in [2.24, 2.45) is 0 Å². The second-order valence-electron chi connectivity index (χ2n) is 7.21. The molecule has 0 saturated carbocycles. The summed E-state index contributed by atoms with van der Waals surface area (Å²) in [5.41, 5.74) is 0.648. The molecule has 1 atom stereocenters. The van der Waals surface area contributed by atoms with Crippen LogP contribution in [0.1, 0.15) is 19.3 Å². The van der Waals surface area contributed by atoms with Crippen molar-refractivity contribution in [2.45, 2.75) is 25.4 Å². The van der Waals surface area contributed by atoms with E-state index in [2.05, 4.69) is 0 Å². The Kier molecular flexibility index (Phi) is 5.90. The van der Waals surface area contributed by atoms with Crippen LogP contribution in [0.25, 0.3) is 0 Å². The fourth-order valence-electron chi connectivity index (χ4n) is 3.70. The third-order valence-electron chi connectivity index (χ3n) is 5.18. The maximum absolute atomic E-state index is 13.0. The van der Waals surface area contributed by atoms with Gasteiger partial charge in [-0.25, -0.2) is 0 Å². The number of fused-ring (bicyclic) bond motifs is 1. The largest absolute Gasteiger partial charge is 0.484 e. The van der Waals surface area contributed by atoms with Crippen LogP contribution in [-0.2, 0) is 9.59 Å². The van der Waals surface area contributed by atoms with Gasteiger partial charge in [-0.15, -0.1) is 0 Å². The number of hydrogen-bond donors (Lipinski definition) is 0. The van der Waals surface area contributed by atoms with Gasteiger partial charge in [0, 0.05) is 18.1 Å². The summed E-state index contributed by atoms with van der Waals surface area (Å²) in [4.78, 5) is 29.3. The Morgan fingerprint density at radius 3 is 2.66 bits per heavy atom. The zero-order chi connectivity index (χ0) is 20.2. The Bertz CT molecular complexity index is 898. The number of hydrogen-bond acceptors (Lipinski definition) is 4. The minimum atomic E-state index is -0.710. The summed E-state index contributed by atoms with van der Waals surface area (Å²) in [6, 6.07) is 14.2. The quantitative estimate of drug-likeness (QED) is 0.768. The molecule has 6 nitrogen and oxygen atoms in total. The second kappa shape index (κ2) is 8.74. The predicted octanol–water partition coefficient (Wildman–Crippen LogP) is 3.53.